The van der Waals surface area contributed by atoms with Crippen molar-refractivity contribution in [2.45, 2.75) is 32.2 Å². The van der Waals surface area contributed by atoms with Gasteiger partial charge in [0.05, 0.1) is 0 Å². The van der Waals surface area contributed by atoms with Crippen LogP contribution in [0.5, 0.6) is 0 Å². The Morgan fingerprint density at radius 1 is 1.41 bits per heavy atom. The molecule has 0 spiro atoms. The Morgan fingerprint density at radius 3 is 2.88 bits per heavy atom. The molecule has 0 N–H and O–H groups in total. The molecule has 1 heterocycles. The van der Waals surface area contributed by atoms with Crippen LogP contribution in [0.25, 0.3) is 0 Å². The maximum Gasteiger partial charge on any atom is 0.223 e. The molecule has 0 saturated heterocycles. The van der Waals surface area contributed by atoms with Crippen molar-refractivity contribution in [1.29, 1.82) is 0 Å². The molecule has 4 heteroatoms. The summed E-state index contributed by atoms with van der Waals surface area (Å²) in [7, 11) is 3.52. The molecule has 1 aromatic rings. The minimum atomic E-state index is 0.120. The van der Waals surface area contributed by atoms with Crippen molar-refractivity contribution in [1.82, 2.24) is 9.47 Å². The van der Waals surface area contributed by atoms with Gasteiger partial charge in [0.25, 0.3) is 0 Å². The molecule has 0 unspecified atom stereocenters. The Bertz CT molecular complexity index is 446. The van der Waals surface area contributed by atoms with Crippen LogP contribution in [0.3, 0.4) is 0 Å². The van der Waals surface area contributed by atoms with Crippen LogP contribution in [-0.2, 0) is 17.8 Å². The number of amides is 1. The number of aromatic nitrogens is 1. The van der Waals surface area contributed by atoms with Gasteiger partial charge in [0.2, 0.25) is 5.91 Å². The lowest BCUT2D eigenvalue weighted by molar-refractivity contribution is -0.128. The van der Waals surface area contributed by atoms with Crippen LogP contribution in [-0.4, -0.2) is 35.3 Å². The number of nitrogens with zero attached hydrogens (tertiary/aromatic N) is 2. The number of carbonyl (C=O) groups excluding carboxylic acids is 2. The number of fused-ring (bicyclic) bond motifs is 1. The van der Waals surface area contributed by atoms with Crippen molar-refractivity contribution < 1.29 is 9.59 Å². The SMILES string of the molecule is CN(C)C(=O)CCn1ccc2c1CCCC2=O. The van der Waals surface area contributed by atoms with E-state index < -0.39 is 0 Å². The molecule has 0 bridgehead atoms. The molecular formula is C13H18N2O2. The van der Waals surface area contributed by atoms with E-state index in [-0.39, 0.29) is 11.7 Å². The Kier molecular flexibility index (Phi) is 3.31. The Balaban J connectivity index is 2.08. The minimum absolute atomic E-state index is 0.120. The molecule has 0 atom stereocenters. The molecule has 1 aliphatic carbocycles. The molecule has 0 aromatic carbocycles. The average molecular weight is 234 g/mol. The van der Waals surface area contributed by atoms with Gasteiger partial charge in [-0.1, -0.05) is 0 Å². The summed E-state index contributed by atoms with van der Waals surface area (Å²) in [4.78, 5) is 24.8. The second-order valence-corrected chi connectivity index (χ2v) is 4.68. The first-order chi connectivity index (χ1) is 8.09. The van der Waals surface area contributed by atoms with Gasteiger partial charge in [-0.25, -0.2) is 0 Å². The number of rotatable bonds is 3. The normalized spacial score (nSPS) is 14.6. The second kappa shape index (κ2) is 4.73. The number of hydrogen-bond acceptors (Lipinski definition) is 2. The molecule has 1 aliphatic rings. The molecule has 0 fully saturated rings. The zero-order valence-corrected chi connectivity index (χ0v) is 10.4. The summed E-state index contributed by atoms with van der Waals surface area (Å²) in [6.45, 7) is 0.666. The zero-order valence-electron chi connectivity index (χ0n) is 10.4. The van der Waals surface area contributed by atoms with Gasteiger partial charge in [-0.3, -0.25) is 9.59 Å². The average Bonchev–Trinajstić information content (AvgIpc) is 2.70. The van der Waals surface area contributed by atoms with Crippen LogP contribution in [0.15, 0.2) is 12.3 Å². The van der Waals surface area contributed by atoms with E-state index in [1.54, 1.807) is 19.0 Å². The third-order valence-corrected chi connectivity index (χ3v) is 3.26. The van der Waals surface area contributed by atoms with E-state index in [4.69, 9.17) is 0 Å². The third-order valence-electron chi connectivity index (χ3n) is 3.26. The van der Waals surface area contributed by atoms with Crippen molar-refractivity contribution in [3.63, 3.8) is 0 Å². The van der Waals surface area contributed by atoms with Crippen molar-refractivity contribution in [3.8, 4) is 0 Å². The van der Waals surface area contributed by atoms with E-state index in [1.807, 2.05) is 16.8 Å². The van der Waals surface area contributed by atoms with Gasteiger partial charge in [-0.2, -0.15) is 0 Å². The second-order valence-electron chi connectivity index (χ2n) is 4.68. The maximum atomic E-state index is 11.7. The minimum Gasteiger partial charge on any atom is -0.350 e. The lowest BCUT2D eigenvalue weighted by Crippen LogP contribution is -2.23. The van der Waals surface area contributed by atoms with Crippen LogP contribution in [0, 0.1) is 0 Å². The van der Waals surface area contributed by atoms with Crippen LogP contribution in [0.2, 0.25) is 0 Å². The topological polar surface area (TPSA) is 42.3 Å². The number of aryl methyl sites for hydroxylation is 1. The van der Waals surface area contributed by atoms with Crippen molar-refractivity contribution in [2.24, 2.45) is 0 Å². The first-order valence-electron chi connectivity index (χ1n) is 6.01. The molecule has 1 amide bonds. The summed E-state index contributed by atoms with van der Waals surface area (Å²) < 4.78 is 2.05. The maximum absolute atomic E-state index is 11.7. The first kappa shape index (κ1) is 11.9. The van der Waals surface area contributed by atoms with Crippen LogP contribution < -0.4 is 0 Å². The summed E-state index contributed by atoms with van der Waals surface area (Å²) in [6.07, 6.45) is 4.95. The van der Waals surface area contributed by atoms with Gasteiger partial charge in [-0.05, 0) is 18.9 Å². The molecule has 0 aliphatic heterocycles. The van der Waals surface area contributed by atoms with Crippen molar-refractivity contribution in [2.75, 3.05) is 14.1 Å². The van der Waals surface area contributed by atoms with E-state index in [1.165, 1.54) is 0 Å². The molecular weight excluding hydrogens is 216 g/mol. The Morgan fingerprint density at radius 2 is 2.18 bits per heavy atom. The van der Waals surface area contributed by atoms with E-state index in [0.717, 1.165) is 24.1 Å². The standard InChI is InChI=1S/C13H18N2O2/c1-14(2)13(17)7-9-15-8-6-10-11(15)4-3-5-12(10)16/h6,8H,3-5,7,9H2,1-2H3. The van der Waals surface area contributed by atoms with Gasteiger partial charge < -0.3 is 9.47 Å². The summed E-state index contributed by atoms with van der Waals surface area (Å²) in [6, 6.07) is 1.89. The van der Waals surface area contributed by atoms with E-state index >= 15 is 0 Å². The summed E-state index contributed by atoms with van der Waals surface area (Å²) in [5, 5.41) is 0. The zero-order chi connectivity index (χ0) is 12.4. The summed E-state index contributed by atoms with van der Waals surface area (Å²) >= 11 is 0. The molecule has 1 aromatic heterocycles. The van der Waals surface area contributed by atoms with Crippen molar-refractivity contribution >= 4 is 11.7 Å². The number of Topliss-reactive ketones (excluding diaryl/α,β-unsaturated/α-hetero) is 1. The predicted molar refractivity (Wildman–Crippen MR) is 65.0 cm³/mol. The van der Waals surface area contributed by atoms with Gasteiger partial charge in [0.15, 0.2) is 5.78 Å². The smallest absolute Gasteiger partial charge is 0.223 e. The summed E-state index contributed by atoms with van der Waals surface area (Å²) in [5.41, 5.74) is 1.96. The number of carbonyl (C=O) groups is 2. The lowest BCUT2D eigenvalue weighted by Gasteiger charge is -2.16. The third kappa shape index (κ3) is 2.40. The quantitative estimate of drug-likeness (QED) is 0.795. The largest absolute Gasteiger partial charge is 0.350 e. The van der Waals surface area contributed by atoms with Crippen LogP contribution in [0.1, 0.15) is 35.3 Å². The monoisotopic (exact) mass is 234 g/mol. The van der Waals surface area contributed by atoms with Gasteiger partial charge >= 0.3 is 0 Å². The Labute approximate surface area is 101 Å². The fraction of sp³-hybridized carbons (Fsp3) is 0.538. The Hall–Kier alpha value is -1.58. The fourth-order valence-electron chi connectivity index (χ4n) is 2.24. The van der Waals surface area contributed by atoms with E-state index in [9.17, 15) is 9.59 Å². The number of ketones is 1. The highest BCUT2D eigenvalue weighted by Gasteiger charge is 2.20. The van der Waals surface area contributed by atoms with Gasteiger partial charge in [0, 0.05) is 50.9 Å². The molecule has 2 rings (SSSR count). The molecule has 0 saturated carbocycles. The van der Waals surface area contributed by atoms with Gasteiger partial charge in [0.1, 0.15) is 0 Å². The fourth-order valence-corrected chi connectivity index (χ4v) is 2.24. The highest BCUT2D eigenvalue weighted by Crippen LogP contribution is 2.22. The molecule has 17 heavy (non-hydrogen) atoms. The highest BCUT2D eigenvalue weighted by molar-refractivity contribution is 5.98. The predicted octanol–water partition coefficient (Wildman–Crippen LogP) is 1.49. The first-order valence-corrected chi connectivity index (χ1v) is 6.01. The number of hydrogen-bond donors (Lipinski definition) is 0. The lowest BCUT2D eigenvalue weighted by atomic mass is 9.97. The van der Waals surface area contributed by atoms with Crippen LogP contribution in [0.4, 0.5) is 0 Å². The van der Waals surface area contributed by atoms with Gasteiger partial charge in [-0.15, -0.1) is 0 Å². The molecule has 4 nitrogen and oxygen atoms in total. The molecule has 0 radical (unpaired) electrons. The highest BCUT2D eigenvalue weighted by atomic mass is 16.2. The molecule has 92 valence electrons. The van der Waals surface area contributed by atoms with Crippen molar-refractivity contribution in [3.05, 3.63) is 23.5 Å². The summed E-state index contributed by atoms with van der Waals surface area (Å²) in [5.74, 6) is 0.360. The van der Waals surface area contributed by atoms with E-state index in [2.05, 4.69) is 0 Å². The van der Waals surface area contributed by atoms with Crippen LogP contribution >= 0.6 is 0 Å². The van der Waals surface area contributed by atoms with E-state index in [0.29, 0.717) is 19.4 Å².